The van der Waals surface area contributed by atoms with Crippen LogP contribution in [0.3, 0.4) is 0 Å². The highest BCUT2D eigenvalue weighted by atomic mass is 16.5. The highest BCUT2D eigenvalue weighted by molar-refractivity contribution is 5.66. The fourth-order valence-electron chi connectivity index (χ4n) is 3.47. The zero-order chi connectivity index (χ0) is 13.1. The van der Waals surface area contributed by atoms with Crippen molar-refractivity contribution in [1.29, 1.82) is 0 Å². The summed E-state index contributed by atoms with van der Waals surface area (Å²) in [6, 6.07) is 0. The van der Waals surface area contributed by atoms with Gasteiger partial charge < -0.3 is 4.74 Å². The quantitative estimate of drug-likeness (QED) is 0.689. The van der Waals surface area contributed by atoms with Crippen molar-refractivity contribution in [2.24, 2.45) is 17.3 Å². The fourth-order valence-corrected chi connectivity index (χ4v) is 3.47. The Morgan fingerprint density at radius 3 is 2.65 bits per heavy atom. The average Bonchev–Trinajstić information content (AvgIpc) is 2.14. The largest absolute Gasteiger partial charge is 0.463 e. The Bertz CT molecular complexity index is 258. The molecule has 2 heteroatoms. The van der Waals surface area contributed by atoms with Gasteiger partial charge in [-0.15, -0.1) is 0 Å². The van der Waals surface area contributed by atoms with Crippen molar-refractivity contribution in [3.8, 4) is 0 Å². The molecule has 100 valence electrons. The Morgan fingerprint density at radius 2 is 2.12 bits per heavy atom. The Kier molecular flexibility index (Phi) is 5.03. The van der Waals surface area contributed by atoms with Crippen molar-refractivity contribution >= 4 is 5.97 Å². The normalized spacial score (nSPS) is 29.7. The molecule has 0 bridgehead atoms. The van der Waals surface area contributed by atoms with Crippen LogP contribution in [0.2, 0.25) is 0 Å². The second-order valence-electron chi connectivity index (χ2n) is 6.46. The average molecular weight is 240 g/mol. The van der Waals surface area contributed by atoms with E-state index in [1.54, 1.807) is 0 Å². The summed E-state index contributed by atoms with van der Waals surface area (Å²) in [5.41, 5.74) is 0.452. The summed E-state index contributed by atoms with van der Waals surface area (Å²) in [6.45, 7) is 10.7. The molecule has 1 aliphatic carbocycles. The number of hydrogen-bond donors (Lipinski definition) is 0. The highest BCUT2D eigenvalue weighted by Crippen LogP contribution is 2.46. The van der Waals surface area contributed by atoms with E-state index in [0.717, 1.165) is 18.3 Å². The summed E-state index contributed by atoms with van der Waals surface area (Å²) in [4.78, 5) is 10.9. The molecule has 0 radical (unpaired) electrons. The van der Waals surface area contributed by atoms with Gasteiger partial charge in [-0.05, 0) is 43.4 Å². The highest BCUT2D eigenvalue weighted by Gasteiger charge is 2.36. The zero-order valence-corrected chi connectivity index (χ0v) is 12.1. The van der Waals surface area contributed by atoms with Crippen LogP contribution in [0.4, 0.5) is 0 Å². The second-order valence-corrected chi connectivity index (χ2v) is 6.46. The molecule has 0 unspecified atom stereocenters. The van der Waals surface area contributed by atoms with Crippen LogP contribution < -0.4 is 0 Å². The van der Waals surface area contributed by atoms with Crippen molar-refractivity contribution < 1.29 is 9.53 Å². The van der Waals surface area contributed by atoms with Gasteiger partial charge in [0.2, 0.25) is 0 Å². The number of carbonyl (C=O) groups is 1. The van der Waals surface area contributed by atoms with Gasteiger partial charge in [0.1, 0.15) is 0 Å². The van der Waals surface area contributed by atoms with E-state index in [0.29, 0.717) is 5.41 Å². The molecule has 0 aromatic carbocycles. The van der Waals surface area contributed by atoms with E-state index in [1.807, 2.05) is 6.92 Å². The van der Waals surface area contributed by atoms with Crippen molar-refractivity contribution in [2.45, 2.75) is 72.8 Å². The molecule has 0 aromatic heterocycles. The summed E-state index contributed by atoms with van der Waals surface area (Å²) in [5.74, 6) is 1.42. The lowest BCUT2D eigenvalue weighted by atomic mass is 9.62. The first-order chi connectivity index (χ1) is 7.83. The summed E-state index contributed by atoms with van der Waals surface area (Å²) in [6.07, 6.45) is 6.31. The van der Waals surface area contributed by atoms with Gasteiger partial charge in [0.05, 0.1) is 6.10 Å². The summed E-state index contributed by atoms with van der Waals surface area (Å²) in [7, 11) is 0. The van der Waals surface area contributed by atoms with Crippen molar-refractivity contribution in [3.05, 3.63) is 0 Å². The molecule has 0 aliphatic heterocycles. The van der Waals surface area contributed by atoms with Crippen LogP contribution in [0, 0.1) is 17.3 Å². The third-order valence-corrected chi connectivity index (χ3v) is 4.42. The predicted octanol–water partition coefficient (Wildman–Crippen LogP) is 4.18. The minimum absolute atomic E-state index is 0.0671. The van der Waals surface area contributed by atoms with Crippen molar-refractivity contribution in [2.75, 3.05) is 0 Å². The van der Waals surface area contributed by atoms with E-state index in [1.165, 1.54) is 32.6 Å². The second kappa shape index (κ2) is 5.88. The van der Waals surface area contributed by atoms with Gasteiger partial charge in [-0.3, -0.25) is 4.79 Å². The van der Waals surface area contributed by atoms with Gasteiger partial charge in [0.25, 0.3) is 0 Å². The zero-order valence-electron chi connectivity index (χ0n) is 12.1. The van der Waals surface area contributed by atoms with E-state index in [-0.39, 0.29) is 12.1 Å². The van der Waals surface area contributed by atoms with Crippen LogP contribution in [0.5, 0.6) is 0 Å². The molecule has 3 atom stereocenters. The van der Waals surface area contributed by atoms with Crippen LogP contribution >= 0.6 is 0 Å². The van der Waals surface area contributed by atoms with Gasteiger partial charge >= 0.3 is 5.97 Å². The molecular weight excluding hydrogens is 212 g/mol. The monoisotopic (exact) mass is 240 g/mol. The number of esters is 1. The molecule has 0 aromatic rings. The van der Waals surface area contributed by atoms with Crippen molar-refractivity contribution in [1.82, 2.24) is 0 Å². The van der Waals surface area contributed by atoms with Gasteiger partial charge in [-0.2, -0.15) is 0 Å². The van der Waals surface area contributed by atoms with Crippen LogP contribution in [-0.2, 0) is 9.53 Å². The van der Waals surface area contributed by atoms with Crippen LogP contribution in [0.25, 0.3) is 0 Å². The van der Waals surface area contributed by atoms with Gasteiger partial charge in [0, 0.05) is 6.92 Å². The molecule has 0 amide bonds. The first-order valence-corrected chi connectivity index (χ1v) is 7.00. The number of carbonyl (C=O) groups excluding carboxylic acids is 1. The molecule has 2 nitrogen and oxygen atoms in total. The molecule has 0 heterocycles. The standard InChI is InChI=1S/C15H28O2/c1-11-7-6-10-15(4,5)14(11)9-8-12(2)17-13(3)16/h11-12,14H,6-10H2,1-5H3/t11-,12-,14-/m1/s1. The molecular formula is C15H28O2. The molecule has 0 saturated heterocycles. The Labute approximate surface area is 106 Å². The number of rotatable bonds is 4. The van der Waals surface area contributed by atoms with Crippen molar-refractivity contribution in [3.63, 3.8) is 0 Å². The lowest BCUT2D eigenvalue weighted by Crippen LogP contribution is -2.34. The maximum absolute atomic E-state index is 10.9. The maximum atomic E-state index is 10.9. The first-order valence-electron chi connectivity index (χ1n) is 7.00. The molecule has 1 fully saturated rings. The Morgan fingerprint density at radius 1 is 1.47 bits per heavy atom. The molecule has 1 rings (SSSR count). The van der Waals surface area contributed by atoms with Crippen LogP contribution in [0.1, 0.15) is 66.7 Å². The van der Waals surface area contributed by atoms with Crippen LogP contribution in [0.15, 0.2) is 0 Å². The lowest BCUT2D eigenvalue weighted by Gasteiger charge is -2.43. The Hall–Kier alpha value is -0.530. The topological polar surface area (TPSA) is 26.3 Å². The van der Waals surface area contributed by atoms with E-state index in [2.05, 4.69) is 20.8 Å². The molecule has 1 aliphatic rings. The summed E-state index contributed by atoms with van der Waals surface area (Å²) >= 11 is 0. The van der Waals surface area contributed by atoms with Gasteiger partial charge in [-0.1, -0.05) is 33.6 Å². The molecule has 0 N–H and O–H groups in total. The van der Waals surface area contributed by atoms with E-state index in [9.17, 15) is 4.79 Å². The number of ether oxygens (including phenoxy) is 1. The minimum atomic E-state index is -0.159. The maximum Gasteiger partial charge on any atom is 0.302 e. The minimum Gasteiger partial charge on any atom is -0.463 e. The number of hydrogen-bond acceptors (Lipinski definition) is 2. The van der Waals surface area contributed by atoms with E-state index < -0.39 is 0 Å². The molecule has 17 heavy (non-hydrogen) atoms. The van der Waals surface area contributed by atoms with E-state index >= 15 is 0 Å². The molecule has 0 spiro atoms. The molecule has 1 saturated carbocycles. The van der Waals surface area contributed by atoms with Gasteiger partial charge in [0.15, 0.2) is 0 Å². The van der Waals surface area contributed by atoms with E-state index in [4.69, 9.17) is 4.74 Å². The van der Waals surface area contributed by atoms with Crippen LogP contribution in [-0.4, -0.2) is 12.1 Å². The predicted molar refractivity (Wildman–Crippen MR) is 70.7 cm³/mol. The third-order valence-electron chi connectivity index (χ3n) is 4.42. The third kappa shape index (κ3) is 4.33. The Balaban J connectivity index is 2.45. The van der Waals surface area contributed by atoms with Gasteiger partial charge in [-0.25, -0.2) is 0 Å². The first kappa shape index (κ1) is 14.5. The smallest absolute Gasteiger partial charge is 0.302 e. The fraction of sp³-hybridized carbons (Fsp3) is 0.933. The summed E-state index contributed by atoms with van der Waals surface area (Å²) in [5, 5.41) is 0. The lowest BCUT2D eigenvalue weighted by molar-refractivity contribution is -0.146. The SMILES string of the molecule is CC(=O)O[C@H](C)CC[C@@H]1[C@H](C)CCCC1(C)C. The summed E-state index contributed by atoms with van der Waals surface area (Å²) < 4.78 is 5.21.